The average Bonchev–Trinajstić information content (AvgIpc) is 3.49. The average molecular weight is 782 g/mol. The van der Waals surface area contributed by atoms with Crippen LogP contribution in [0, 0.1) is 0 Å². The van der Waals surface area contributed by atoms with E-state index in [1.807, 2.05) is 0 Å². The summed E-state index contributed by atoms with van der Waals surface area (Å²) in [6, 6.07) is 72.8. The topological polar surface area (TPSA) is 29.5 Å². The summed E-state index contributed by atoms with van der Waals surface area (Å²) in [5.74, 6) is 0. The second-order valence-electron chi connectivity index (χ2n) is 14.7. The van der Waals surface area contributed by atoms with E-state index < -0.39 is 7.92 Å². The molecule has 58 heavy (non-hydrogen) atoms. The first kappa shape index (κ1) is 34.6. The van der Waals surface area contributed by atoms with Crippen LogP contribution in [-0.4, -0.2) is 7.05 Å². The lowest BCUT2D eigenvalue weighted by molar-refractivity contribution is 0.663. The zero-order valence-corrected chi connectivity index (χ0v) is 33.7. The molecule has 1 heterocycles. The molecule has 1 atom stereocenters. The predicted molar refractivity (Wildman–Crippen MR) is 252 cm³/mol. The van der Waals surface area contributed by atoms with E-state index in [0.29, 0.717) is 0 Å². The monoisotopic (exact) mass is 781 g/mol. The van der Waals surface area contributed by atoms with Crippen molar-refractivity contribution in [3.63, 3.8) is 0 Å². The molecule has 5 heteroatoms. The van der Waals surface area contributed by atoms with Gasteiger partial charge in [0, 0.05) is 34.6 Å². The third kappa shape index (κ3) is 5.70. The van der Waals surface area contributed by atoms with Crippen molar-refractivity contribution in [1.29, 1.82) is 0 Å². The Hall–Kier alpha value is -6.63. The number of hydrogen-bond donors (Lipinski definition) is 0. The van der Waals surface area contributed by atoms with Gasteiger partial charge in [-0.05, 0) is 85.1 Å². The van der Waals surface area contributed by atoms with E-state index in [4.69, 9.17) is 8.39 Å². The van der Waals surface area contributed by atoms with Crippen molar-refractivity contribution in [2.45, 2.75) is 0 Å². The van der Waals surface area contributed by atoms with Crippen LogP contribution in [0.1, 0.15) is 0 Å². The molecule has 1 aromatic heterocycles. The van der Waals surface area contributed by atoms with Gasteiger partial charge in [0.05, 0.1) is 5.69 Å². The molecule has 10 aromatic carbocycles. The summed E-state index contributed by atoms with van der Waals surface area (Å²) in [4.78, 5) is 2.35. The van der Waals surface area contributed by atoms with Gasteiger partial charge in [-0.25, -0.2) is 0 Å². The van der Waals surface area contributed by atoms with Crippen molar-refractivity contribution in [1.82, 2.24) is 0 Å². The molecule has 276 valence electrons. The highest BCUT2D eigenvalue weighted by Gasteiger charge is 2.27. The van der Waals surface area contributed by atoms with Crippen molar-refractivity contribution >= 4 is 109 Å². The molecule has 1 unspecified atom stereocenters. The Morgan fingerprint density at radius 3 is 1.57 bits per heavy atom. The minimum Gasteiger partial charge on any atom is -0.421 e. The highest BCUT2D eigenvalue weighted by Crippen LogP contribution is 2.49. The number of rotatable bonds is 6. The van der Waals surface area contributed by atoms with Gasteiger partial charge in [-0.15, -0.1) is 0 Å². The van der Waals surface area contributed by atoms with E-state index in [1.54, 1.807) is 0 Å². The number of hydrogen-bond acceptors (Lipinski definition) is 3. The maximum atomic E-state index is 6.81. The summed E-state index contributed by atoms with van der Waals surface area (Å²) >= 11 is 0. The molecule has 0 bridgehead atoms. The van der Waals surface area contributed by atoms with Crippen molar-refractivity contribution in [2.24, 2.45) is 0 Å². The zero-order valence-electron chi connectivity index (χ0n) is 31.8. The fraction of sp³-hybridized carbons (Fsp3) is 0.0189. The van der Waals surface area contributed by atoms with Crippen molar-refractivity contribution in [2.75, 3.05) is 11.9 Å². The summed E-state index contributed by atoms with van der Waals surface area (Å²) in [6.45, 7) is 0. The normalized spacial score (nSPS) is 11.8. The third-order valence-corrected chi connectivity index (χ3v) is 14.5. The Bertz CT molecular complexity index is 3340. The van der Waals surface area contributed by atoms with Gasteiger partial charge in [0.25, 0.3) is 0 Å². The maximum absolute atomic E-state index is 6.81. The molecule has 0 radical (unpaired) electrons. The molecule has 0 aliphatic carbocycles. The highest BCUT2D eigenvalue weighted by atomic mass is 31.1. The fourth-order valence-corrected chi connectivity index (χ4v) is 11.9. The van der Waals surface area contributed by atoms with Gasteiger partial charge in [-0.1, -0.05) is 182 Å². The largest absolute Gasteiger partial charge is 0.421 e. The lowest BCUT2D eigenvalue weighted by Crippen LogP contribution is -2.23. The van der Waals surface area contributed by atoms with Crippen LogP contribution in [0.15, 0.2) is 209 Å². The van der Waals surface area contributed by atoms with Gasteiger partial charge >= 0.3 is 0 Å². The molecule has 0 aliphatic heterocycles. The van der Waals surface area contributed by atoms with Gasteiger partial charge in [-0.2, -0.15) is 0 Å². The van der Waals surface area contributed by atoms with Crippen LogP contribution in [-0.2, 0) is 0 Å². The van der Waals surface area contributed by atoms with Crippen molar-refractivity contribution in [3.8, 4) is 11.1 Å². The van der Waals surface area contributed by atoms with Crippen LogP contribution < -0.4 is 20.8 Å². The van der Waals surface area contributed by atoms with E-state index in [-0.39, 0.29) is 8.67 Å². The number of anilines is 2. The molecule has 0 aliphatic rings. The summed E-state index contributed by atoms with van der Waals surface area (Å²) in [5.41, 5.74) is 6.19. The van der Waals surface area contributed by atoms with E-state index in [1.165, 1.54) is 48.6 Å². The van der Waals surface area contributed by atoms with E-state index in [2.05, 4.69) is 212 Å². The molecule has 11 aromatic rings. The SMILES string of the molecule is CN(c1ccc2ccccc2c1-c1c(P(c2ccccc2)c2ccccc2)ccc2ccccc12)c1cc2ccccc2c2c1o[pH]oc1ccc3ccccc3c12. The van der Waals surface area contributed by atoms with Gasteiger partial charge in [-0.3, -0.25) is 0 Å². The van der Waals surface area contributed by atoms with E-state index >= 15 is 0 Å². The van der Waals surface area contributed by atoms with Crippen molar-refractivity contribution in [3.05, 3.63) is 200 Å². The first-order chi connectivity index (χ1) is 28.7. The highest BCUT2D eigenvalue weighted by molar-refractivity contribution is 7.80. The zero-order chi connectivity index (χ0) is 38.6. The van der Waals surface area contributed by atoms with Crippen LogP contribution in [0.25, 0.3) is 76.2 Å². The second kappa shape index (κ2) is 14.4. The Labute approximate surface area is 339 Å². The number of nitrogens with zero attached hydrogens (tertiary/aromatic N) is 1. The standard InChI is InChI=1S/C53H37NO2P2/c1-54(46-34-38-19-11-15-27-44(38)52-50-42-25-13-9-17-36(42)29-32-47(50)55-57-56-53(46)52)45-31-28-35-16-8-12-24-41(35)49(45)51-43-26-14-10-18-37(43)30-33-48(51)58(39-20-4-2-5-21-39)40-22-6-3-7-23-40/h2-34,57H,1H3. The molecule has 0 amide bonds. The molecule has 0 saturated heterocycles. The number of benzene rings is 10. The quantitative estimate of drug-likeness (QED) is 0.157. The van der Waals surface area contributed by atoms with Crippen LogP contribution in [0.3, 0.4) is 0 Å². The summed E-state index contributed by atoms with van der Waals surface area (Å²) in [7, 11) is 1.05. The fourth-order valence-electron chi connectivity index (χ4n) is 8.84. The first-order valence-corrected chi connectivity index (χ1v) is 21.7. The summed E-state index contributed by atoms with van der Waals surface area (Å²) in [6.07, 6.45) is 0. The number of fused-ring (bicyclic) bond motifs is 9. The Balaban J connectivity index is 1.27. The van der Waals surface area contributed by atoms with Gasteiger partial charge in [0.15, 0.2) is 5.58 Å². The minimum absolute atomic E-state index is 0.202. The lowest BCUT2D eigenvalue weighted by atomic mass is 9.91. The van der Waals surface area contributed by atoms with E-state index in [0.717, 1.165) is 54.9 Å². The molecule has 11 rings (SSSR count). The Morgan fingerprint density at radius 2 is 0.914 bits per heavy atom. The maximum Gasteiger partial charge on any atom is 0.201 e. The smallest absolute Gasteiger partial charge is 0.201 e. The minimum atomic E-state index is -0.945. The second-order valence-corrected chi connectivity index (χ2v) is 17.5. The van der Waals surface area contributed by atoms with Crippen LogP contribution in [0.5, 0.6) is 0 Å². The summed E-state index contributed by atoms with van der Waals surface area (Å²) < 4.78 is 13.3. The third-order valence-electron chi connectivity index (χ3n) is 11.5. The molecule has 0 spiro atoms. The molecular weight excluding hydrogens is 745 g/mol. The first-order valence-electron chi connectivity index (χ1n) is 19.6. The van der Waals surface area contributed by atoms with Crippen molar-refractivity contribution < 1.29 is 8.39 Å². The van der Waals surface area contributed by atoms with Crippen LogP contribution >= 0.6 is 16.6 Å². The van der Waals surface area contributed by atoms with E-state index in [9.17, 15) is 0 Å². The molecule has 3 nitrogen and oxygen atoms in total. The molecule has 0 fully saturated rings. The molecule has 0 saturated carbocycles. The Kier molecular flexibility index (Phi) is 8.59. The predicted octanol–water partition coefficient (Wildman–Crippen LogP) is 14.1. The van der Waals surface area contributed by atoms with Crippen LogP contribution in [0.2, 0.25) is 0 Å². The Morgan fingerprint density at radius 1 is 0.414 bits per heavy atom. The van der Waals surface area contributed by atoms with Gasteiger partial charge in [0.1, 0.15) is 5.58 Å². The summed E-state index contributed by atoms with van der Waals surface area (Å²) in [5, 5.41) is 15.5. The lowest BCUT2D eigenvalue weighted by Gasteiger charge is -2.29. The molecular formula is C53H37NO2P2. The van der Waals surface area contributed by atoms with Gasteiger partial charge in [0.2, 0.25) is 8.67 Å². The van der Waals surface area contributed by atoms with Crippen LogP contribution in [0.4, 0.5) is 11.4 Å². The molecule has 0 N–H and O–H groups in total. The van der Waals surface area contributed by atoms with Gasteiger partial charge < -0.3 is 13.3 Å².